The number of thioether (sulfide) groups is 1. The highest BCUT2D eigenvalue weighted by molar-refractivity contribution is 7.98. The molecule has 0 radical (unpaired) electrons. The highest BCUT2D eigenvalue weighted by Gasteiger charge is 2.10. The Labute approximate surface area is 101 Å². The van der Waals surface area contributed by atoms with Gasteiger partial charge in [-0.15, -0.1) is 0 Å². The van der Waals surface area contributed by atoms with E-state index in [1.807, 2.05) is 12.5 Å². The molecule has 3 N–H and O–H groups in total. The highest BCUT2D eigenvalue weighted by Crippen LogP contribution is 2.21. The largest absolute Gasteiger partial charge is 0.468 e. The number of furan rings is 1. The van der Waals surface area contributed by atoms with Crippen molar-refractivity contribution in [1.29, 1.82) is 0 Å². The molecule has 0 aliphatic heterocycles. The van der Waals surface area contributed by atoms with Crippen LogP contribution in [-0.4, -0.2) is 20.7 Å². The van der Waals surface area contributed by atoms with Gasteiger partial charge in [-0.05, 0) is 6.07 Å². The molecule has 2 aromatic rings. The second kappa shape index (κ2) is 5.02. The Morgan fingerprint density at radius 3 is 3.18 bits per heavy atom. The van der Waals surface area contributed by atoms with Crippen LogP contribution in [0.4, 0.5) is 0 Å². The zero-order chi connectivity index (χ0) is 12.3. The van der Waals surface area contributed by atoms with E-state index in [1.165, 1.54) is 24.4 Å². The van der Waals surface area contributed by atoms with E-state index < -0.39 is 0 Å². The lowest BCUT2D eigenvalue weighted by atomic mass is 10.3. The van der Waals surface area contributed by atoms with Crippen molar-refractivity contribution in [2.75, 3.05) is 0 Å². The molecule has 0 fully saturated rings. The number of carbonyl (C=O) groups excluding carboxylic acids is 1. The maximum absolute atomic E-state index is 11.2. The lowest BCUT2D eigenvalue weighted by Crippen LogP contribution is -2.29. The third kappa shape index (κ3) is 2.66. The molecule has 0 unspecified atom stereocenters. The van der Waals surface area contributed by atoms with Crippen LogP contribution in [0.15, 0.2) is 28.2 Å². The number of rotatable bonds is 4. The van der Waals surface area contributed by atoms with Gasteiger partial charge in [0, 0.05) is 7.05 Å². The summed E-state index contributed by atoms with van der Waals surface area (Å²) in [4.78, 5) is 15.2. The smallest absolute Gasteiger partial charge is 0.268 e. The summed E-state index contributed by atoms with van der Waals surface area (Å²) in [5, 5.41) is 4.73. The summed E-state index contributed by atoms with van der Waals surface area (Å²) in [6, 6.07) is 1.64. The molecule has 17 heavy (non-hydrogen) atoms. The third-order valence-corrected chi connectivity index (χ3v) is 3.12. The van der Waals surface area contributed by atoms with Gasteiger partial charge < -0.3 is 4.42 Å². The van der Waals surface area contributed by atoms with Crippen LogP contribution in [0.3, 0.4) is 0 Å². The number of hydrogen-bond donors (Lipinski definition) is 2. The number of nitrogen functional groups attached to an aromatic ring is 1. The average molecular weight is 253 g/mol. The van der Waals surface area contributed by atoms with Crippen molar-refractivity contribution in [3.8, 4) is 0 Å². The SMILES string of the molecule is Cn1ncnc1SCc1cc(C(=O)NN)co1. The minimum Gasteiger partial charge on any atom is -0.468 e. The first-order valence-corrected chi connectivity index (χ1v) is 5.74. The molecule has 0 bridgehead atoms. The summed E-state index contributed by atoms with van der Waals surface area (Å²) in [6.45, 7) is 0. The minimum absolute atomic E-state index is 0.372. The fourth-order valence-electron chi connectivity index (χ4n) is 1.21. The molecule has 0 aliphatic carbocycles. The van der Waals surface area contributed by atoms with Crippen molar-refractivity contribution in [2.45, 2.75) is 10.9 Å². The lowest BCUT2D eigenvalue weighted by molar-refractivity contribution is 0.0953. The summed E-state index contributed by atoms with van der Waals surface area (Å²) >= 11 is 1.47. The van der Waals surface area contributed by atoms with Gasteiger partial charge in [-0.2, -0.15) is 5.10 Å². The molecule has 7 nitrogen and oxygen atoms in total. The van der Waals surface area contributed by atoms with Crippen LogP contribution in [0.5, 0.6) is 0 Å². The zero-order valence-corrected chi connectivity index (χ0v) is 9.90. The molecule has 8 heteroatoms. The van der Waals surface area contributed by atoms with Crippen LogP contribution in [0.1, 0.15) is 16.1 Å². The summed E-state index contributed by atoms with van der Waals surface area (Å²) < 4.78 is 6.90. The van der Waals surface area contributed by atoms with E-state index in [4.69, 9.17) is 10.3 Å². The quantitative estimate of drug-likeness (QED) is 0.352. The van der Waals surface area contributed by atoms with Gasteiger partial charge in [-0.3, -0.25) is 10.2 Å². The van der Waals surface area contributed by atoms with E-state index >= 15 is 0 Å². The monoisotopic (exact) mass is 253 g/mol. The van der Waals surface area contributed by atoms with Crippen LogP contribution in [0, 0.1) is 0 Å². The molecule has 2 rings (SSSR count). The fraction of sp³-hybridized carbons (Fsp3) is 0.222. The number of carbonyl (C=O) groups is 1. The summed E-state index contributed by atoms with van der Waals surface area (Å²) in [5.74, 6) is 5.90. The zero-order valence-electron chi connectivity index (χ0n) is 9.08. The highest BCUT2D eigenvalue weighted by atomic mass is 32.2. The van der Waals surface area contributed by atoms with Crippen LogP contribution in [0.25, 0.3) is 0 Å². The molecule has 90 valence electrons. The first kappa shape index (κ1) is 11.7. The van der Waals surface area contributed by atoms with E-state index in [0.29, 0.717) is 17.1 Å². The molecule has 0 aromatic carbocycles. The molecule has 0 spiro atoms. The van der Waals surface area contributed by atoms with E-state index in [1.54, 1.807) is 10.7 Å². The summed E-state index contributed by atoms with van der Waals surface area (Å²) in [6.07, 6.45) is 2.85. The molecule has 0 aliphatic rings. The van der Waals surface area contributed by atoms with Crippen molar-refractivity contribution in [3.63, 3.8) is 0 Å². The number of aromatic nitrogens is 3. The van der Waals surface area contributed by atoms with Crippen molar-refractivity contribution >= 4 is 17.7 Å². The maximum Gasteiger partial charge on any atom is 0.268 e. The number of hydrazine groups is 1. The van der Waals surface area contributed by atoms with Gasteiger partial charge in [-0.25, -0.2) is 15.5 Å². The third-order valence-electron chi connectivity index (χ3n) is 2.06. The van der Waals surface area contributed by atoms with E-state index in [-0.39, 0.29) is 5.91 Å². The number of aryl methyl sites for hydroxylation is 1. The van der Waals surface area contributed by atoms with Gasteiger partial charge >= 0.3 is 0 Å². The van der Waals surface area contributed by atoms with Gasteiger partial charge in [0.1, 0.15) is 18.4 Å². The number of hydrogen-bond acceptors (Lipinski definition) is 6. The van der Waals surface area contributed by atoms with Crippen molar-refractivity contribution in [2.24, 2.45) is 12.9 Å². The van der Waals surface area contributed by atoms with Crippen molar-refractivity contribution in [3.05, 3.63) is 30.0 Å². The predicted molar refractivity (Wildman–Crippen MR) is 60.9 cm³/mol. The van der Waals surface area contributed by atoms with Crippen LogP contribution >= 0.6 is 11.8 Å². The number of nitrogens with zero attached hydrogens (tertiary/aromatic N) is 3. The first-order valence-electron chi connectivity index (χ1n) is 4.76. The minimum atomic E-state index is -0.372. The van der Waals surface area contributed by atoms with Crippen LogP contribution in [-0.2, 0) is 12.8 Å². The van der Waals surface area contributed by atoms with E-state index in [9.17, 15) is 4.79 Å². The van der Waals surface area contributed by atoms with Gasteiger partial charge in [0.2, 0.25) is 0 Å². The fourth-order valence-corrected chi connectivity index (χ4v) is 1.99. The normalized spacial score (nSPS) is 10.5. The molecule has 1 amide bonds. The molecule has 2 heterocycles. The molecular weight excluding hydrogens is 242 g/mol. The lowest BCUT2D eigenvalue weighted by Gasteiger charge is -1.96. The Morgan fingerprint density at radius 2 is 2.53 bits per heavy atom. The van der Waals surface area contributed by atoms with Gasteiger partial charge in [-0.1, -0.05) is 11.8 Å². The Kier molecular flexibility index (Phi) is 3.45. The Balaban J connectivity index is 1.98. The molecule has 0 saturated heterocycles. The Hall–Kier alpha value is -1.80. The van der Waals surface area contributed by atoms with Gasteiger partial charge in [0.25, 0.3) is 5.91 Å². The van der Waals surface area contributed by atoms with Gasteiger partial charge in [0.05, 0.1) is 11.3 Å². The molecule has 0 atom stereocenters. The van der Waals surface area contributed by atoms with E-state index in [0.717, 1.165) is 5.16 Å². The molecule has 0 saturated carbocycles. The number of nitrogens with two attached hydrogens (primary N) is 1. The Morgan fingerprint density at radius 1 is 1.71 bits per heavy atom. The standard InChI is InChI=1S/C9H11N5O2S/c1-14-9(11-5-12-14)17-4-7-2-6(3-16-7)8(15)13-10/h2-3,5H,4,10H2,1H3,(H,13,15). The number of nitrogens with one attached hydrogen (secondary N) is 1. The molecular formula is C9H11N5O2S. The second-order valence-corrected chi connectivity index (χ2v) is 4.17. The van der Waals surface area contributed by atoms with Crippen molar-refractivity contribution < 1.29 is 9.21 Å². The summed E-state index contributed by atoms with van der Waals surface area (Å²) in [5.41, 5.74) is 2.44. The first-order chi connectivity index (χ1) is 8.20. The van der Waals surface area contributed by atoms with Crippen molar-refractivity contribution in [1.82, 2.24) is 20.2 Å². The predicted octanol–water partition coefficient (Wildman–Crippen LogP) is 0.304. The van der Waals surface area contributed by atoms with E-state index in [2.05, 4.69) is 10.1 Å². The molecule has 2 aromatic heterocycles. The van der Waals surface area contributed by atoms with Crippen LogP contribution in [0.2, 0.25) is 0 Å². The Bertz CT molecular complexity index is 521. The number of amides is 1. The topological polar surface area (TPSA) is 99.0 Å². The van der Waals surface area contributed by atoms with Gasteiger partial charge in [0.15, 0.2) is 5.16 Å². The maximum atomic E-state index is 11.2. The van der Waals surface area contributed by atoms with Crippen LogP contribution < -0.4 is 11.3 Å². The second-order valence-electron chi connectivity index (χ2n) is 3.23. The average Bonchev–Trinajstić information content (AvgIpc) is 2.94. The summed E-state index contributed by atoms with van der Waals surface area (Å²) in [7, 11) is 1.81.